The summed E-state index contributed by atoms with van der Waals surface area (Å²) in [6, 6.07) is 5.14. The van der Waals surface area contributed by atoms with Crippen molar-refractivity contribution in [2.45, 2.75) is 6.54 Å². The summed E-state index contributed by atoms with van der Waals surface area (Å²) >= 11 is 0. The molecule has 0 aromatic heterocycles. The monoisotopic (exact) mass is 226 g/mol. The number of methoxy groups -OCH3 is 1. The Morgan fingerprint density at radius 3 is 2.81 bits per heavy atom. The summed E-state index contributed by atoms with van der Waals surface area (Å²) in [5.74, 6) is -0.189. The predicted octanol–water partition coefficient (Wildman–Crippen LogP) is 1.63. The lowest BCUT2D eigenvalue weighted by atomic mass is 10.1. The number of halogens is 1. The van der Waals surface area contributed by atoms with E-state index < -0.39 is 0 Å². The molecule has 3 nitrogen and oxygen atoms in total. The normalized spacial score (nSPS) is 10.5. The van der Waals surface area contributed by atoms with Gasteiger partial charge in [-0.1, -0.05) is 12.1 Å². The van der Waals surface area contributed by atoms with E-state index >= 15 is 0 Å². The molecule has 0 radical (unpaired) electrons. The summed E-state index contributed by atoms with van der Waals surface area (Å²) in [5.41, 5.74) is 1.61. The van der Waals surface area contributed by atoms with Crippen LogP contribution >= 0.6 is 0 Å². The quantitative estimate of drug-likeness (QED) is 0.798. The van der Waals surface area contributed by atoms with Gasteiger partial charge in [-0.3, -0.25) is 0 Å². The molecule has 4 heteroatoms. The van der Waals surface area contributed by atoms with Crippen molar-refractivity contribution in [1.82, 2.24) is 5.32 Å². The van der Waals surface area contributed by atoms with Gasteiger partial charge in [-0.05, 0) is 18.7 Å². The molecule has 0 bridgehead atoms. The van der Waals surface area contributed by atoms with E-state index in [0.717, 1.165) is 5.56 Å². The SMILES string of the molecule is CNCc1cccc(F)c1N(C)CCOC. The molecule has 1 aromatic carbocycles. The maximum Gasteiger partial charge on any atom is 0.146 e. The van der Waals surface area contributed by atoms with Crippen molar-refractivity contribution >= 4 is 5.69 Å². The predicted molar refractivity (Wildman–Crippen MR) is 64.3 cm³/mol. The van der Waals surface area contributed by atoms with Crippen LogP contribution in [0.25, 0.3) is 0 Å². The summed E-state index contributed by atoms with van der Waals surface area (Å²) in [7, 11) is 5.37. The first kappa shape index (κ1) is 12.9. The number of hydrogen-bond donors (Lipinski definition) is 1. The number of anilines is 1. The molecule has 0 aliphatic heterocycles. The Morgan fingerprint density at radius 1 is 1.44 bits per heavy atom. The third-order valence-corrected chi connectivity index (χ3v) is 2.45. The highest BCUT2D eigenvalue weighted by atomic mass is 19.1. The molecule has 1 aromatic rings. The van der Waals surface area contributed by atoms with Gasteiger partial charge in [0.05, 0.1) is 12.3 Å². The average molecular weight is 226 g/mol. The second-order valence-corrected chi connectivity index (χ2v) is 3.69. The first-order chi connectivity index (χ1) is 7.70. The molecule has 0 aliphatic carbocycles. The van der Waals surface area contributed by atoms with Crippen molar-refractivity contribution in [3.63, 3.8) is 0 Å². The molecule has 0 amide bonds. The lowest BCUT2D eigenvalue weighted by Gasteiger charge is -2.22. The Labute approximate surface area is 96.2 Å². The van der Waals surface area contributed by atoms with E-state index in [0.29, 0.717) is 25.4 Å². The van der Waals surface area contributed by atoms with Gasteiger partial charge in [0.15, 0.2) is 0 Å². The van der Waals surface area contributed by atoms with Gasteiger partial charge in [0, 0.05) is 27.2 Å². The Kier molecular flexibility index (Phi) is 5.22. The van der Waals surface area contributed by atoms with Crippen LogP contribution in [0.2, 0.25) is 0 Å². The number of nitrogens with one attached hydrogen (secondary N) is 1. The molecule has 1 rings (SSSR count). The van der Waals surface area contributed by atoms with Gasteiger partial charge < -0.3 is 15.0 Å². The third kappa shape index (κ3) is 3.18. The Bertz CT molecular complexity index is 331. The van der Waals surface area contributed by atoms with Gasteiger partial charge in [0.1, 0.15) is 5.82 Å². The molecule has 0 atom stereocenters. The summed E-state index contributed by atoms with van der Waals surface area (Å²) in [5, 5.41) is 3.04. The van der Waals surface area contributed by atoms with E-state index in [1.807, 2.05) is 25.1 Å². The third-order valence-electron chi connectivity index (χ3n) is 2.45. The fourth-order valence-electron chi connectivity index (χ4n) is 1.66. The highest BCUT2D eigenvalue weighted by molar-refractivity contribution is 5.54. The molecule has 0 saturated heterocycles. The molecule has 0 heterocycles. The van der Waals surface area contributed by atoms with Crippen molar-refractivity contribution in [3.8, 4) is 0 Å². The van der Waals surface area contributed by atoms with E-state index in [2.05, 4.69) is 5.32 Å². The maximum atomic E-state index is 13.7. The van der Waals surface area contributed by atoms with Crippen LogP contribution in [0.1, 0.15) is 5.56 Å². The zero-order valence-corrected chi connectivity index (χ0v) is 10.1. The molecular weight excluding hydrogens is 207 g/mol. The van der Waals surface area contributed by atoms with Crippen molar-refractivity contribution in [2.75, 3.05) is 39.3 Å². The largest absolute Gasteiger partial charge is 0.383 e. The summed E-state index contributed by atoms with van der Waals surface area (Å²) < 4.78 is 18.7. The number of rotatable bonds is 6. The van der Waals surface area contributed by atoms with Gasteiger partial charge in [0.2, 0.25) is 0 Å². The number of para-hydroxylation sites is 1. The molecule has 0 fully saturated rings. The lowest BCUT2D eigenvalue weighted by molar-refractivity contribution is 0.206. The van der Waals surface area contributed by atoms with Gasteiger partial charge in [0.25, 0.3) is 0 Å². The number of likely N-dealkylation sites (N-methyl/N-ethyl adjacent to an activating group) is 1. The van der Waals surface area contributed by atoms with Crippen LogP contribution in [0.5, 0.6) is 0 Å². The van der Waals surface area contributed by atoms with E-state index in [4.69, 9.17) is 4.74 Å². The Balaban J connectivity index is 2.90. The smallest absolute Gasteiger partial charge is 0.146 e. The molecule has 1 N–H and O–H groups in total. The number of nitrogens with zero attached hydrogens (tertiary/aromatic N) is 1. The zero-order chi connectivity index (χ0) is 12.0. The van der Waals surface area contributed by atoms with E-state index in [-0.39, 0.29) is 5.82 Å². The van der Waals surface area contributed by atoms with Gasteiger partial charge >= 0.3 is 0 Å². The van der Waals surface area contributed by atoms with Crippen molar-refractivity contribution in [3.05, 3.63) is 29.6 Å². The van der Waals surface area contributed by atoms with Crippen LogP contribution in [0, 0.1) is 5.82 Å². The maximum absolute atomic E-state index is 13.7. The van der Waals surface area contributed by atoms with Gasteiger partial charge in [-0.15, -0.1) is 0 Å². The van der Waals surface area contributed by atoms with Crippen LogP contribution in [-0.2, 0) is 11.3 Å². The highest BCUT2D eigenvalue weighted by Crippen LogP contribution is 2.23. The number of ether oxygens (including phenoxy) is 1. The standard InChI is InChI=1S/C12H19FN2O/c1-14-9-10-5-4-6-11(13)12(10)15(2)7-8-16-3/h4-6,14H,7-9H2,1-3H3. The number of hydrogen-bond acceptors (Lipinski definition) is 3. The van der Waals surface area contributed by atoms with Crippen LogP contribution in [0.4, 0.5) is 10.1 Å². The fraction of sp³-hybridized carbons (Fsp3) is 0.500. The fourth-order valence-corrected chi connectivity index (χ4v) is 1.66. The molecule has 0 unspecified atom stereocenters. The minimum absolute atomic E-state index is 0.189. The van der Waals surface area contributed by atoms with E-state index in [9.17, 15) is 4.39 Å². The minimum atomic E-state index is -0.189. The topological polar surface area (TPSA) is 24.5 Å². The van der Waals surface area contributed by atoms with Crippen LogP contribution < -0.4 is 10.2 Å². The van der Waals surface area contributed by atoms with Crippen molar-refractivity contribution < 1.29 is 9.13 Å². The molecule has 0 saturated carbocycles. The average Bonchev–Trinajstić information content (AvgIpc) is 2.26. The van der Waals surface area contributed by atoms with E-state index in [1.165, 1.54) is 6.07 Å². The van der Waals surface area contributed by atoms with Crippen molar-refractivity contribution in [2.24, 2.45) is 0 Å². The first-order valence-electron chi connectivity index (χ1n) is 5.32. The van der Waals surface area contributed by atoms with Crippen LogP contribution in [0.15, 0.2) is 18.2 Å². The Hall–Kier alpha value is -1.13. The molecule has 0 spiro atoms. The molecule has 90 valence electrons. The van der Waals surface area contributed by atoms with Gasteiger partial charge in [-0.25, -0.2) is 4.39 Å². The Morgan fingerprint density at radius 2 is 2.19 bits per heavy atom. The lowest BCUT2D eigenvalue weighted by Crippen LogP contribution is -2.25. The molecular formula is C12H19FN2O. The second kappa shape index (κ2) is 6.45. The second-order valence-electron chi connectivity index (χ2n) is 3.69. The highest BCUT2D eigenvalue weighted by Gasteiger charge is 2.11. The first-order valence-corrected chi connectivity index (χ1v) is 5.32. The number of benzene rings is 1. The van der Waals surface area contributed by atoms with Crippen LogP contribution in [0.3, 0.4) is 0 Å². The summed E-state index contributed by atoms with van der Waals surface area (Å²) in [6.45, 7) is 1.92. The van der Waals surface area contributed by atoms with Crippen molar-refractivity contribution in [1.29, 1.82) is 0 Å². The van der Waals surface area contributed by atoms with Crippen LogP contribution in [-0.4, -0.2) is 34.4 Å². The summed E-state index contributed by atoms with van der Waals surface area (Å²) in [6.07, 6.45) is 0. The minimum Gasteiger partial charge on any atom is -0.383 e. The van der Waals surface area contributed by atoms with E-state index in [1.54, 1.807) is 13.2 Å². The van der Waals surface area contributed by atoms with Gasteiger partial charge in [-0.2, -0.15) is 0 Å². The zero-order valence-electron chi connectivity index (χ0n) is 10.1. The molecule has 16 heavy (non-hydrogen) atoms. The molecule has 0 aliphatic rings. The summed E-state index contributed by atoms with van der Waals surface area (Å²) in [4.78, 5) is 1.88.